The van der Waals surface area contributed by atoms with Crippen molar-refractivity contribution in [2.24, 2.45) is 0 Å². The van der Waals surface area contributed by atoms with Crippen molar-refractivity contribution in [3.8, 4) is 5.75 Å². The summed E-state index contributed by atoms with van der Waals surface area (Å²) < 4.78 is 41.5. The molecule has 0 fully saturated rings. The lowest BCUT2D eigenvalue weighted by atomic mass is 10.0. The molecule has 0 spiro atoms. The summed E-state index contributed by atoms with van der Waals surface area (Å²) >= 11 is 3.00. The summed E-state index contributed by atoms with van der Waals surface area (Å²) in [5, 5.41) is 0. The Morgan fingerprint density at radius 2 is 1.87 bits per heavy atom. The molecule has 1 aromatic carbocycles. The van der Waals surface area contributed by atoms with Gasteiger partial charge in [-0.25, -0.2) is 4.39 Å². The molecule has 0 saturated heterocycles. The second-order valence-corrected chi connectivity index (χ2v) is 4.20. The first-order chi connectivity index (χ1) is 6.91. The maximum atomic E-state index is 13.3. The first kappa shape index (κ1) is 12.4. The fourth-order valence-electron chi connectivity index (χ4n) is 1.11. The number of hydrogen-bond donors (Lipinski definition) is 0. The fourth-order valence-corrected chi connectivity index (χ4v) is 1.66. The molecule has 0 N–H and O–H groups in total. The Labute approximate surface area is 94.4 Å². The standard InChI is InChI=1S/C10H10BrF3O/c1-5(2)6-3-7(11)9(8(12)4-6)15-10(13)14/h3-5,10H,1-2H3. The van der Waals surface area contributed by atoms with Gasteiger partial charge in [-0.1, -0.05) is 13.8 Å². The van der Waals surface area contributed by atoms with Crippen molar-refractivity contribution in [1.82, 2.24) is 0 Å². The van der Waals surface area contributed by atoms with Gasteiger partial charge in [0.2, 0.25) is 0 Å². The van der Waals surface area contributed by atoms with E-state index in [0.717, 1.165) is 5.56 Å². The minimum atomic E-state index is -3.03. The second kappa shape index (κ2) is 4.88. The van der Waals surface area contributed by atoms with Crippen LogP contribution in [-0.2, 0) is 0 Å². The highest BCUT2D eigenvalue weighted by Crippen LogP contribution is 2.33. The monoisotopic (exact) mass is 282 g/mol. The Morgan fingerprint density at radius 3 is 2.27 bits per heavy atom. The van der Waals surface area contributed by atoms with Gasteiger partial charge in [0, 0.05) is 0 Å². The average molecular weight is 283 g/mol. The summed E-state index contributed by atoms with van der Waals surface area (Å²) in [6.45, 7) is 0.740. The van der Waals surface area contributed by atoms with E-state index >= 15 is 0 Å². The number of rotatable bonds is 3. The maximum Gasteiger partial charge on any atom is 0.387 e. The molecule has 0 bridgehead atoms. The fraction of sp³-hybridized carbons (Fsp3) is 0.400. The van der Waals surface area contributed by atoms with Crippen LogP contribution in [0.3, 0.4) is 0 Å². The SMILES string of the molecule is CC(C)c1cc(F)c(OC(F)F)c(Br)c1. The molecule has 5 heteroatoms. The van der Waals surface area contributed by atoms with Gasteiger partial charge in [0.05, 0.1) is 4.47 Å². The molecule has 0 aliphatic heterocycles. The molecule has 1 nitrogen and oxygen atoms in total. The lowest BCUT2D eigenvalue weighted by Crippen LogP contribution is -2.05. The van der Waals surface area contributed by atoms with Gasteiger partial charge in [0.1, 0.15) is 0 Å². The van der Waals surface area contributed by atoms with Gasteiger partial charge >= 0.3 is 6.61 Å². The quantitative estimate of drug-likeness (QED) is 0.803. The third-order valence-electron chi connectivity index (χ3n) is 1.89. The van der Waals surface area contributed by atoms with Crippen LogP contribution in [0.25, 0.3) is 0 Å². The summed E-state index contributed by atoms with van der Waals surface area (Å²) in [7, 11) is 0. The van der Waals surface area contributed by atoms with Crippen LogP contribution in [-0.4, -0.2) is 6.61 Å². The third-order valence-corrected chi connectivity index (χ3v) is 2.48. The van der Waals surface area contributed by atoms with Crippen molar-refractivity contribution in [1.29, 1.82) is 0 Å². The van der Waals surface area contributed by atoms with Crippen LogP contribution in [0.1, 0.15) is 25.3 Å². The van der Waals surface area contributed by atoms with E-state index in [1.54, 1.807) is 6.07 Å². The topological polar surface area (TPSA) is 9.23 Å². The minimum Gasteiger partial charge on any atom is -0.430 e. The zero-order valence-electron chi connectivity index (χ0n) is 8.23. The highest BCUT2D eigenvalue weighted by molar-refractivity contribution is 9.10. The number of halogens is 4. The third kappa shape index (κ3) is 3.12. The Kier molecular flexibility index (Phi) is 4.02. The number of benzene rings is 1. The normalized spacial score (nSPS) is 11.2. The second-order valence-electron chi connectivity index (χ2n) is 3.35. The largest absolute Gasteiger partial charge is 0.430 e. The van der Waals surface area contributed by atoms with Crippen molar-refractivity contribution >= 4 is 15.9 Å². The van der Waals surface area contributed by atoms with Gasteiger partial charge in [0.15, 0.2) is 11.6 Å². The van der Waals surface area contributed by atoms with Crippen molar-refractivity contribution < 1.29 is 17.9 Å². The first-order valence-electron chi connectivity index (χ1n) is 4.35. The summed E-state index contributed by atoms with van der Waals surface area (Å²) in [6.07, 6.45) is 0. The number of ether oxygens (including phenoxy) is 1. The molecule has 0 aromatic heterocycles. The Hall–Kier alpha value is -0.710. The van der Waals surface area contributed by atoms with Crippen LogP contribution in [0, 0.1) is 5.82 Å². The van der Waals surface area contributed by atoms with E-state index in [0.29, 0.717) is 0 Å². The van der Waals surface area contributed by atoms with E-state index in [1.807, 2.05) is 13.8 Å². The van der Waals surface area contributed by atoms with E-state index in [4.69, 9.17) is 0 Å². The summed E-state index contributed by atoms with van der Waals surface area (Å²) in [4.78, 5) is 0. The Morgan fingerprint density at radius 1 is 1.27 bits per heavy atom. The molecule has 0 heterocycles. The number of alkyl halides is 2. The summed E-state index contributed by atoms with van der Waals surface area (Å²) in [5.74, 6) is -1.11. The van der Waals surface area contributed by atoms with E-state index in [-0.39, 0.29) is 10.4 Å². The molecule has 0 atom stereocenters. The van der Waals surface area contributed by atoms with Gasteiger partial charge in [-0.3, -0.25) is 0 Å². The molecule has 0 amide bonds. The van der Waals surface area contributed by atoms with E-state index in [2.05, 4.69) is 20.7 Å². The van der Waals surface area contributed by atoms with Gasteiger partial charge in [-0.15, -0.1) is 0 Å². The zero-order chi connectivity index (χ0) is 11.6. The molecule has 0 aliphatic carbocycles. The molecule has 0 radical (unpaired) electrons. The smallest absolute Gasteiger partial charge is 0.387 e. The average Bonchev–Trinajstić information content (AvgIpc) is 2.10. The van der Waals surface area contributed by atoms with Crippen molar-refractivity contribution in [3.05, 3.63) is 28.0 Å². The Balaban J connectivity index is 3.10. The van der Waals surface area contributed by atoms with Gasteiger partial charge in [0.25, 0.3) is 0 Å². The lowest BCUT2D eigenvalue weighted by Gasteiger charge is -2.11. The van der Waals surface area contributed by atoms with E-state index in [9.17, 15) is 13.2 Å². The predicted molar refractivity (Wildman–Crippen MR) is 54.8 cm³/mol. The highest BCUT2D eigenvalue weighted by atomic mass is 79.9. The van der Waals surface area contributed by atoms with Gasteiger partial charge < -0.3 is 4.74 Å². The van der Waals surface area contributed by atoms with Crippen LogP contribution in [0.4, 0.5) is 13.2 Å². The van der Waals surface area contributed by atoms with Crippen molar-refractivity contribution in [3.63, 3.8) is 0 Å². The highest BCUT2D eigenvalue weighted by Gasteiger charge is 2.15. The van der Waals surface area contributed by atoms with Crippen LogP contribution in [0.5, 0.6) is 5.75 Å². The zero-order valence-corrected chi connectivity index (χ0v) is 9.82. The molecule has 1 aromatic rings. The lowest BCUT2D eigenvalue weighted by molar-refractivity contribution is -0.0527. The molecule has 0 unspecified atom stereocenters. The number of hydrogen-bond acceptors (Lipinski definition) is 1. The Bertz CT molecular complexity index is 330. The van der Waals surface area contributed by atoms with Crippen molar-refractivity contribution in [2.45, 2.75) is 26.4 Å². The van der Waals surface area contributed by atoms with Crippen LogP contribution in [0.2, 0.25) is 0 Å². The molecule has 1 rings (SSSR count). The van der Waals surface area contributed by atoms with Gasteiger partial charge in [-0.05, 0) is 39.5 Å². The molecular weight excluding hydrogens is 273 g/mol. The molecule has 84 valence electrons. The molecular formula is C10H10BrF3O. The molecule has 0 saturated carbocycles. The molecule has 0 aliphatic rings. The van der Waals surface area contributed by atoms with Gasteiger partial charge in [-0.2, -0.15) is 8.78 Å². The van der Waals surface area contributed by atoms with Crippen LogP contribution < -0.4 is 4.74 Å². The predicted octanol–water partition coefficient (Wildman–Crippen LogP) is 4.31. The first-order valence-corrected chi connectivity index (χ1v) is 5.15. The van der Waals surface area contributed by atoms with Crippen LogP contribution >= 0.6 is 15.9 Å². The summed E-state index contributed by atoms with van der Waals surface area (Å²) in [6, 6.07) is 2.78. The van der Waals surface area contributed by atoms with Crippen molar-refractivity contribution in [2.75, 3.05) is 0 Å². The van der Waals surface area contributed by atoms with Crippen LogP contribution in [0.15, 0.2) is 16.6 Å². The van der Waals surface area contributed by atoms with E-state index < -0.39 is 18.2 Å². The minimum absolute atomic E-state index is 0.122. The molecule has 15 heavy (non-hydrogen) atoms. The summed E-state index contributed by atoms with van der Waals surface area (Å²) in [5.41, 5.74) is 0.723. The van der Waals surface area contributed by atoms with E-state index in [1.165, 1.54) is 6.07 Å². The maximum absolute atomic E-state index is 13.3.